The molecule has 0 bridgehead atoms. The minimum absolute atomic E-state index is 0.209. The lowest BCUT2D eigenvalue weighted by molar-refractivity contribution is -0.116. The van der Waals surface area contributed by atoms with Crippen LogP contribution < -0.4 is 26.0 Å². The number of hydrogen-bond acceptors (Lipinski definition) is 7. The number of ether oxygens (including phenoxy) is 2. The van der Waals surface area contributed by atoms with Crippen molar-refractivity contribution in [3.8, 4) is 11.5 Å². The number of anilines is 1. The molecule has 1 aliphatic rings. The summed E-state index contributed by atoms with van der Waals surface area (Å²) < 4.78 is 14.1. The van der Waals surface area contributed by atoms with Crippen molar-refractivity contribution < 1.29 is 14.3 Å². The normalized spacial score (nSPS) is 12.8. The standard InChI is InChI=1S/C22H19N3O5S2/c26-19(23-14-3-4-17-18(12-14)30-9-8-29-17)13-25-16-6-11-32-20(16)21(27)24(22(25)28)7-5-15-2-1-10-31-15/h1-4,6,10-12H,5,7-9,13H2,(H,23,26). The quantitative estimate of drug-likeness (QED) is 0.469. The van der Waals surface area contributed by atoms with Crippen molar-refractivity contribution in [1.29, 1.82) is 0 Å². The molecule has 1 aromatic carbocycles. The molecule has 4 heterocycles. The monoisotopic (exact) mass is 469 g/mol. The van der Waals surface area contributed by atoms with E-state index in [-0.39, 0.29) is 24.6 Å². The number of aromatic nitrogens is 2. The molecule has 0 aliphatic carbocycles. The van der Waals surface area contributed by atoms with Gasteiger partial charge in [-0.15, -0.1) is 22.7 Å². The van der Waals surface area contributed by atoms with Crippen molar-refractivity contribution in [2.45, 2.75) is 19.5 Å². The number of benzene rings is 1. The highest BCUT2D eigenvalue weighted by Gasteiger charge is 2.18. The first-order valence-electron chi connectivity index (χ1n) is 10.0. The molecule has 0 fully saturated rings. The SMILES string of the molecule is O=C(Cn1c(=O)n(CCc2cccs2)c(=O)c2sccc21)Nc1ccc2c(c1)OCCO2. The lowest BCUT2D eigenvalue weighted by Crippen LogP contribution is -2.41. The fourth-order valence-electron chi connectivity index (χ4n) is 3.63. The average Bonchev–Trinajstić information content (AvgIpc) is 3.49. The van der Waals surface area contributed by atoms with E-state index in [1.54, 1.807) is 41.0 Å². The highest BCUT2D eigenvalue weighted by Crippen LogP contribution is 2.32. The van der Waals surface area contributed by atoms with Crippen LogP contribution in [0.5, 0.6) is 11.5 Å². The van der Waals surface area contributed by atoms with E-state index in [1.165, 1.54) is 20.5 Å². The number of rotatable bonds is 6. The van der Waals surface area contributed by atoms with Crippen molar-refractivity contribution in [3.05, 3.63) is 72.9 Å². The smallest absolute Gasteiger partial charge is 0.332 e. The third-order valence-corrected chi connectivity index (χ3v) is 6.95. The van der Waals surface area contributed by atoms with Crippen LogP contribution >= 0.6 is 22.7 Å². The zero-order chi connectivity index (χ0) is 22.1. The second kappa shape index (κ2) is 8.64. The summed E-state index contributed by atoms with van der Waals surface area (Å²) in [6, 6.07) is 10.7. The van der Waals surface area contributed by atoms with Gasteiger partial charge in [-0.25, -0.2) is 4.79 Å². The van der Waals surface area contributed by atoms with E-state index >= 15 is 0 Å². The van der Waals surface area contributed by atoms with Crippen LogP contribution in [0, 0.1) is 0 Å². The molecule has 4 aromatic rings. The third kappa shape index (κ3) is 3.94. The van der Waals surface area contributed by atoms with E-state index in [2.05, 4.69) is 5.32 Å². The molecule has 3 aromatic heterocycles. The van der Waals surface area contributed by atoms with Crippen molar-refractivity contribution in [2.24, 2.45) is 0 Å². The maximum Gasteiger partial charge on any atom is 0.332 e. The molecule has 0 atom stereocenters. The van der Waals surface area contributed by atoms with E-state index in [0.29, 0.717) is 47.0 Å². The van der Waals surface area contributed by atoms with Gasteiger partial charge in [0.1, 0.15) is 24.5 Å². The fraction of sp³-hybridized carbons (Fsp3) is 0.227. The molecule has 10 heteroatoms. The first kappa shape index (κ1) is 20.5. The first-order chi connectivity index (χ1) is 15.6. The average molecular weight is 470 g/mol. The highest BCUT2D eigenvalue weighted by atomic mass is 32.1. The van der Waals surface area contributed by atoms with Gasteiger partial charge in [0.25, 0.3) is 5.56 Å². The molecule has 1 aliphatic heterocycles. The second-order valence-corrected chi connectivity index (χ2v) is 9.14. The maximum absolute atomic E-state index is 13.2. The molecule has 32 heavy (non-hydrogen) atoms. The van der Waals surface area contributed by atoms with Gasteiger partial charge in [0, 0.05) is 23.2 Å². The molecule has 0 saturated carbocycles. The van der Waals surface area contributed by atoms with Crippen molar-refractivity contribution in [1.82, 2.24) is 9.13 Å². The summed E-state index contributed by atoms with van der Waals surface area (Å²) in [5, 5.41) is 6.51. The molecule has 1 amide bonds. The number of nitrogens with one attached hydrogen (secondary N) is 1. The van der Waals surface area contributed by atoms with Crippen LogP contribution in [0.2, 0.25) is 0 Å². The number of nitrogens with zero attached hydrogens (tertiary/aromatic N) is 2. The Hall–Kier alpha value is -3.37. The minimum Gasteiger partial charge on any atom is -0.486 e. The van der Waals surface area contributed by atoms with Gasteiger partial charge in [0.15, 0.2) is 11.5 Å². The van der Waals surface area contributed by atoms with Gasteiger partial charge < -0.3 is 14.8 Å². The molecule has 0 spiro atoms. The van der Waals surface area contributed by atoms with Crippen LogP contribution in [-0.4, -0.2) is 28.3 Å². The lowest BCUT2D eigenvalue weighted by atomic mass is 10.2. The Labute approximate surface area is 190 Å². The van der Waals surface area contributed by atoms with Gasteiger partial charge >= 0.3 is 5.69 Å². The predicted octanol–water partition coefficient (Wildman–Crippen LogP) is 2.94. The summed E-state index contributed by atoms with van der Waals surface area (Å²) in [6.45, 7) is 0.985. The number of aryl methyl sites for hydroxylation is 1. The Kier molecular flexibility index (Phi) is 5.54. The van der Waals surface area contributed by atoms with E-state index in [0.717, 1.165) is 4.88 Å². The number of hydrogen-bond donors (Lipinski definition) is 1. The zero-order valence-electron chi connectivity index (χ0n) is 16.9. The van der Waals surface area contributed by atoms with Crippen LogP contribution in [0.25, 0.3) is 10.2 Å². The van der Waals surface area contributed by atoms with E-state index < -0.39 is 5.69 Å². The van der Waals surface area contributed by atoms with Crippen molar-refractivity contribution in [3.63, 3.8) is 0 Å². The molecule has 0 unspecified atom stereocenters. The summed E-state index contributed by atoms with van der Waals surface area (Å²) in [4.78, 5) is 39.9. The van der Waals surface area contributed by atoms with Gasteiger partial charge in [-0.1, -0.05) is 6.07 Å². The Morgan fingerprint density at radius 1 is 1.00 bits per heavy atom. The molecular weight excluding hydrogens is 450 g/mol. The summed E-state index contributed by atoms with van der Waals surface area (Å²) in [5.41, 5.74) is 0.199. The Morgan fingerprint density at radius 2 is 1.84 bits per heavy atom. The van der Waals surface area contributed by atoms with Crippen LogP contribution in [0.1, 0.15) is 4.88 Å². The van der Waals surface area contributed by atoms with E-state index in [1.807, 2.05) is 17.5 Å². The van der Waals surface area contributed by atoms with Gasteiger partial charge in [0.2, 0.25) is 5.91 Å². The summed E-state index contributed by atoms with van der Waals surface area (Å²) in [5.74, 6) is 0.816. The minimum atomic E-state index is -0.491. The number of carbonyl (C=O) groups excluding carboxylic acids is 1. The largest absolute Gasteiger partial charge is 0.486 e. The van der Waals surface area contributed by atoms with Gasteiger partial charge in [-0.3, -0.25) is 18.7 Å². The molecule has 5 rings (SSSR count). The van der Waals surface area contributed by atoms with Gasteiger partial charge in [-0.05, 0) is 41.4 Å². The predicted molar refractivity (Wildman–Crippen MR) is 124 cm³/mol. The third-order valence-electron chi connectivity index (χ3n) is 5.13. The molecule has 0 radical (unpaired) electrons. The maximum atomic E-state index is 13.2. The summed E-state index contributed by atoms with van der Waals surface area (Å²) >= 11 is 2.85. The number of carbonyl (C=O) groups is 1. The summed E-state index contributed by atoms with van der Waals surface area (Å²) in [7, 11) is 0. The van der Waals surface area contributed by atoms with E-state index in [4.69, 9.17) is 9.47 Å². The Bertz CT molecular complexity index is 1400. The highest BCUT2D eigenvalue weighted by molar-refractivity contribution is 7.17. The molecular formula is C22H19N3O5S2. The second-order valence-electron chi connectivity index (χ2n) is 7.20. The van der Waals surface area contributed by atoms with Crippen LogP contribution in [0.4, 0.5) is 5.69 Å². The molecule has 0 saturated heterocycles. The lowest BCUT2D eigenvalue weighted by Gasteiger charge is -2.19. The van der Waals surface area contributed by atoms with Crippen LogP contribution in [0.3, 0.4) is 0 Å². The van der Waals surface area contributed by atoms with Crippen LogP contribution in [-0.2, 0) is 24.3 Å². The Balaban J connectivity index is 1.42. The zero-order valence-corrected chi connectivity index (χ0v) is 18.5. The summed E-state index contributed by atoms with van der Waals surface area (Å²) in [6.07, 6.45) is 0.576. The van der Waals surface area contributed by atoms with Gasteiger partial charge in [-0.2, -0.15) is 0 Å². The Morgan fingerprint density at radius 3 is 2.66 bits per heavy atom. The van der Waals surface area contributed by atoms with Gasteiger partial charge in [0.05, 0.1) is 5.52 Å². The van der Waals surface area contributed by atoms with Crippen LogP contribution in [0.15, 0.2) is 56.7 Å². The fourth-order valence-corrected chi connectivity index (χ4v) is 5.17. The topological polar surface area (TPSA) is 91.6 Å². The first-order valence-corrected chi connectivity index (χ1v) is 11.8. The number of amides is 1. The molecule has 1 N–H and O–H groups in total. The van der Waals surface area contributed by atoms with Crippen molar-refractivity contribution >= 4 is 44.5 Å². The number of fused-ring (bicyclic) bond motifs is 2. The molecule has 8 nitrogen and oxygen atoms in total. The van der Waals surface area contributed by atoms with Crippen molar-refractivity contribution in [2.75, 3.05) is 18.5 Å². The van der Waals surface area contributed by atoms with E-state index in [9.17, 15) is 14.4 Å². The molecule has 164 valence electrons. The number of thiophene rings is 2.